The minimum Gasteiger partial charge on any atom is -0.481 e. The van der Waals surface area contributed by atoms with Gasteiger partial charge in [-0.1, -0.05) is 42.5 Å². The second kappa shape index (κ2) is 34.5. The highest BCUT2D eigenvalue weighted by Crippen LogP contribution is 2.29. The highest BCUT2D eigenvalue weighted by atomic mass is 16.4. The van der Waals surface area contributed by atoms with Gasteiger partial charge in [0.25, 0.3) is 0 Å². The first kappa shape index (κ1) is 63.3. The van der Waals surface area contributed by atoms with Crippen LogP contribution in [0.5, 0.6) is 0 Å². The van der Waals surface area contributed by atoms with E-state index in [-0.39, 0.29) is 89.0 Å². The topological polar surface area (TPSA) is 409 Å². The van der Waals surface area contributed by atoms with Gasteiger partial charge in [-0.25, -0.2) is 14.4 Å². The molecule has 2 aromatic carbocycles. The highest BCUT2D eigenvalue weighted by molar-refractivity contribution is 5.90. The number of nitrogens with one attached hydrogen (secondary N) is 7. The molecule has 4 unspecified atom stereocenters. The number of carboxylic acid groups (broad SMARTS) is 6. The van der Waals surface area contributed by atoms with Crippen molar-refractivity contribution in [1.29, 1.82) is 0 Å². The second-order valence-electron chi connectivity index (χ2n) is 18.8. The number of carbonyl (C=O) groups is 10. The van der Waals surface area contributed by atoms with Gasteiger partial charge < -0.3 is 73.6 Å². The van der Waals surface area contributed by atoms with Gasteiger partial charge in [0.05, 0.1) is 13.1 Å². The number of hydrogen-bond donors (Lipinski definition) is 14. The number of benzene rings is 2. The summed E-state index contributed by atoms with van der Waals surface area (Å²) in [6, 6.07) is 7.33. The number of fused-ring (bicyclic) bond motifs is 1. The number of hydrogen-bond acceptors (Lipinski definition) is 15. The molecule has 0 heterocycles. The zero-order valence-electron chi connectivity index (χ0n) is 42.7. The van der Waals surface area contributed by atoms with E-state index in [2.05, 4.69) is 37.2 Å². The van der Waals surface area contributed by atoms with E-state index < -0.39 is 90.7 Å². The van der Waals surface area contributed by atoms with Crippen molar-refractivity contribution >= 4 is 70.3 Å². The van der Waals surface area contributed by atoms with Gasteiger partial charge in [-0.3, -0.25) is 43.4 Å². The van der Waals surface area contributed by atoms with Crippen LogP contribution in [-0.4, -0.2) is 203 Å². The first-order valence-corrected chi connectivity index (χ1v) is 25.6. The predicted molar refractivity (Wildman–Crippen MR) is 275 cm³/mol. The smallest absolute Gasteiger partial charge is 0.326 e. The third-order valence-corrected chi connectivity index (χ3v) is 13.0. The Labute approximate surface area is 440 Å². The molecule has 0 aromatic heterocycles. The molecule has 26 heteroatoms. The first-order valence-electron chi connectivity index (χ1n) is 25.6. The lowest BCUT2D eigenvalue weighted by atomic mass is 9.81. The number of amides is 5. The lowest BCUT2D eigenvalue weighted by molar-refractivity contribution is -0.141. The summed E-state index contributed by atoms with van der Waals surface area (Å²) >= 11 is 0. The number of urea groups is 1. The summed E-state index contributed by atoms with van der Waals surface area (Å²) in [5.41, 5.74) is 6.52. The molecule has 26 nitrogen and oxygen atoms in total. The van der Waals surface area contributed by atoms with Gasteiger partial charge >= 0.3 is 41.8 Å². The fraction of sp³-hybridized carbons (Fsp3) is 0.600. The molecular weight excluding hydrogens is 997 g/mol. The van der Waals surface area contributed by atoms with Crippen LogP contribution in [0.2, 0.25) is 0 Å². The maximum Gasteiger partial charge on any atom is 0.326 e. The Hall–Kier alpha value is -7.00. The molecule has 1 fully saturated rings. The molecule has 0 saturated heterocycles. The number of unbranched alkanes of at least 4 members (excludes halogenated alkanes) is 1. The molecule has 5 amide bonds. The third kappa shape index (κ3) is 25.5. The first-order chi connectivity index (χ1) is 36.2. The van der Waals surface area contributed by atoms with Gasteiger partial charge in [-0.05, 0) is 80.0 Å². The summed E-state index contributed by atoms with van der Waals surface area (Å²) in [5.74, 6) is -8.82. The Morgan fingerprint density at radius 1 is 0.592 bits per heavy atom. The number of nitrogens with zero attached hydrogens (tertiary/aromatic N) is 2. The molecular formula is C50H76N10O16. The zero-order valence-corrected chi connectivity index (χ0v) is 42.7. The van der Waals surface area contributed by atoms with Gasteiger partial charge in [-0.15, -0.1) is 0 Å². The lowest BCUT2D eigenvalue weighted by Gasteiger charge is -2.29. The van der Waals surface area contributed by atoms with Crippen LogP contribution >= 0.6 is 0 Å². The maximum atomic E-state index is 13.7. The highest BCUT2D eigenvalue weighted by Gasteiger charge is 2.31. The van der Waals surface area contributed by atoms with Crippen molar-refractivity contribution in [1.82, 2.24) is 47.0 Å². The average Bonchev–Trinajstić information content (AvgIpc) is 3.36. The van der Waals surface area contributed by atoms with E-state index in [9.17, 15) is 68.4 Å². The molecule has 0 spiro atoms. The molecule has 76 heavy (non-hydrogen) atoms. The standard InChI is InChI=1S/C50H76N10O16/c51-18-22-59(23-20-52-30-43(64)65)25-26-60(31-44(66)67)24-21-53-37(47(70)71)14-16-41(61)55-29-32-8-12-35(13-9-32)45(68)56-40(28-33-10-11-34-5-1-2-6-36(34)27-33)46(69)54-19-4-3-7-38(48(72)73)57-50(76)58-39(49(74)75)15-17-42(62)63/h1-2,5-6,10-11,27,32,35,37-40,52-53H,3-4,7-9,12-26,28-31,51H2,(H,54,69)(H,55,61)(H,56,68)(H,62,63)(H,64,65)(H,66,67)(H,70,71)(H,72,73)(H,74,75)(H2,57,58,76). The van der Waals surface area contributed by atoms with Crippen molar-refractivity contribution in [3.8, 4) is 0 Å². The van der Waals surface area contributed by atoms with Crippen LogP contribution in [0.1, 0.15) is 76.2 Å². The minimum atomic E-state index is -1.55. The molecule has 1 aliphatic rings. The predicted octanol–water partition coefficient (Wildman–Crippen LogP) is -0.709. The van der Waals surface area contributed by atoms with Gasteiger partial charge in [0, 0.05) is 90.6 Å². The fourth-order valence-corrected chi connectivity index (χ4v) is 8.70. The van der Waals surface area contributed by atoms with E-state index in [0.717, 1.165) is 16.3 Å². The van der Waals surface area contributed by atoms with Crippen molar-refractivity contribution in [3.63, 3.8) is 0 Å². The van der Waals surface area contributed by atoms with Gasteiger partial charge in [0.2, 0.25) is 17.7 Å². The van der Waals surface area contributed by atoms with Crippen molar-refractivity contribution in [3.05, 3.63) is 48.0 Å². The van der Waals surface area contributed by atoms with Crippen LogP contribution in [0.4, 0.5) is 4.79 Å². The monoisotopic (exact) mass is 1070 g/mol. The van der Waals surface area contributed by atoms with E-state index in [1.165, 1.54) is 0 Å². The Morgan fingerprint density at radius 2 is 1.22 bits per heavy atom. The average molecular weight is 1070 g/mol. The Morgan fingerprint density at radius 3 is 1.86 bits per heavy atom. The van der Waals surface area contributed by atoms with Crippen LogP contribution in [0.25, 0.3) is 10.8 Å². The number of aliphatic carboxylic acids is 6. The number of carbonyl (C=O) groups excluding carboxylic acids is 4. The van der Waals surface area contributed by atoms with Gasteiger partial charge in [0.1, 0.15) is 24.2 Å². The van der Waals surface area contributed by atoms with Crippen molar-refractivity contribution < 1.29 is 78.6 Å². The third-order valence-electron chi connectivity index (χ3n) is 13.0. The van der Waals surface area contributed by atoms with E-state index >= 15 is 0 Å². The van der Waals surface area contributed by atoms with E-state index in [0.29, 0.717) is 71.5 Å². The van der Waals surface area contributed by atoms with Crippen LogP contribution in [0.15, 0.2) is 42.5 Å². The Kier molecular flexibility index (Phi) is 28.8. The molecule has 15 N–H and O–H groups in total. The van der Waals surface area contributed by atoms with Crippen molar-refractivity contribution in [2.24, 2.45) is 17.6 Å². The summed E-state index contributed by atoms with van der Waals surface area (Å²) in [5, 5.41) is 76.6. The SMILES string of the molecule is NCCN(CCNCC(=O)O)CCN(CCNC(CCC(=O)NCC1CCC(C(=O)NC(Cc2ccc3ccccc3c2)C(=O)NCCCCC(NC(=O)NC(CCC(=O)O)C(=O)O)C(=O)O)CC1)C(=O)O)CC(=O)O. The molecule has 4 atom stereocenters. The quantitative estimate of drug-likeness (QED) is 0.0368. The fourth-order valence-electron chi connectivity index (χ4n) is 8.70. The van der Waals surface area contributed by atoms with Gasteiger partial charge in [0.15, 0.2) is 0 Å². The van der Waals surface area contributed by atoms with Crippen LogP contribution in [0.3, 0.4) is 0 Å². The van der Waals surface area contributed by atoms with Crippen LogP contribution in [0, 0.1) is 11.8 Å². The largest absolute Gasteiger partial charge is 0.481 e. The molecule has 422 valence electrons. The maximum absolute atomic E-state index is 13.7. The summed E-state index contributed by atoms with van der Waals surface area (Å²) in [6.45, 7) is 2.81. The number of rotatable bonds is 39. The van der Waals surface area contributed by atoms with Crippen molar-refractivity contribution in [2.45, 2.75) is 101 Å². The van der Waals surface area contributed by atoms with Crippen LogP contribution < -0.4 is 43.0 Å². The van der Waals surface area contributed by atoms with Crippen LogP contribution in [-0.2, 0) is 49.6 Å². The second-order valence-corrected chi connectivity index (χ2v) is 18.8. The minimum absolute atomic E-state index is 0.0187. The molecule has 0 aliphatic heterocycles. The molecule has 2 aromatic rings. The number of carboxylic acids is 6. The Balaban J connectivity index is 1.48. The van der Waals surface area contributed by atoms with E-state index in [1.54, 1.807) is 4.90 Å². The van der Waals surface area contributed by atoms with Gasteiger partial charge in [-0.2, -0.15) is 0 Å². The molecule has 0 bridgehead atoms. The number of nitrogens with two attached hydrogens (primary N) is 1. The summed E-state index contributed by atoms with van der Waals surface area (Å²) in [6.07, 6.45) is 1.75. The molecule has 1 saturated carbocycles. The van der Waals surface area contributed by atoms with Crippen molar-refractivity contribution in [2.75, 3.05) is 78.5 Å². The molecule has 3 rings (SSSR count). The molecule has 1 aliphatic carbocycles. The van der Waals surface area contributed by atoms with E-state index in [1.807, 2.05) is 47.4 Å². The van der Waals surface area contributed by atoms with E-state index in [4.69, 9.17) is 15.9 Å². The summed E-state index contributed by atoms with van der Waals surface area (Å²) < 4.78 is 0. The lowest BCUT2D eigenvalue weighted by Crippen LogP contribution is -2.51. The summed E-state index contributed by atoms with van der Waals surface area (Å²) in [7, 11) is 0. The Bertz CT molecular complexity index is 2250. The normalized spacial score (nSPS) is 15.9. The summed E-state index contributed by atoms with van der Waals surface area (Å²) in [4.78, 5) is 125. The zero-order chi connectivity index (χ0) is 56.0. The molecule has 0 radical (unpaired) electrons.